The van der Waals surface area contributed by atoms with Gasteiger partial charge in [0.05, 0.1) is 21.3 Å². The minimum atomic E-state index is -3.63. The SMILES string of the molecule is C=C(/C=C(/NC1CCN(S(=O)(=O)c2cccc3ccccc23)CC1)n1ncc(Br)c1C)c1ccccc1O. The molecule has 1 aliphatic rings. The second-order valence-corrected chi connectivity index (χ2v) is 12.1. The summed E-state index contributed by atoms with van der Waals surface area (Å²) in [6, 6.07) is 20.1. The molecule has 0 aliphatic carbocycles. The highest BCUT2D eigenvalue weighted by Gasteiger charge is 2.31. The summed E-state index contributed by atoms with van der Waals surface area (Å²) < 4.78 is 31.4. The first-order valence-corrected chi connectivity index (χ1v) is 14.6. The van der Waals surface area contributed by atoms with Gasteiger partial charge in [-0.3, -0.25) is 0 Å². The van der Waals surface area contributed by atoms with Gasteiger partial charge in [0.25, 0.3) is 0 Å². The molecule has 7 nitrogen and oxygen atoms in total. The van der Waals surface area contributed by atoms with E-state index in [1.807, 2.05) is 55.5 Å². The number of aromatic hydroxyl groups is 1. The van der Waals surface area contributed by atoms with E-state index in [2.05, 4.69) is 32.9 Å². The van der Waals surface area contributed by atoms with Crippen LogP contribution >= 0.6 is 15.9 Å². The number of para-hydroxylation sites is 1. The Hall–Kier alpha value is -3.40. The van der Waals surface area contributed by atoms with Crippen molar-refractivity contribution in [1.82, 2.24) is 19.4 Å². The van der Waals surface area contributed by atoms with Crippen molar-refractivity contribution in [2.45, 2.75) is 30.7 Å². The fraction of sp³-hybridized carbons (Fsp3) is 0.207. The van der Waals surface area contributed by atoms with Gasteiger partial charge >= 0.3 is 0 Å². The molecule has 1 aliphatic heterocycles. The van der Waals surface area contributed by atoms with Crippen LogP contribution in [0.3, 0.4) is 0 Å². The molecule has 196 valence electrons. The van der Waals surface area contributed by atoms with Gasteiger partial charge in [0.15, 0.2) is 0 Å². The van der Waals surface area contributed by atoms with Crippen LogP contribution in [0.4, 0.5) is 0 Å². The van der Waals surface area contributed by atoms with E-state index in [0.717, 1.165) is 20.9 Å². The van der Waals surface area contributed by atoms with Crippen molar-refractivity contribution in [1.29, 1.82) is 0 Å². The van der Waals surface area contributed by atoms with Crippen molar-refractivity contribution in [2.75, 3.05) is 13.1 Å². The van der Waals surface area contributed by atoms with Gasteiger partial charge in [0.1, 0.15) is 11.6 Å². The zero-order chi connectivity index (χ0) is 26.9. The third-order valence-corrected chi connectivity index (χ3v) is 9.65. The maximum atomic E-state index is 13.6. The zero-order valence-electron chi connectivity index (χ0n) is 21.0. The molecular formula is C29H29BrN4O3S. The highest BCUT2D eigenvalue weighted by molar-refractivity contribution is 9.10. The number of rotatable bonds is 7. The average Bonchev–Trinajstić information content (AvgIpc) is 3.26. The number of nitrogens with zero attached hydrogens (tertiary/aromatic N) is 3. The normalized spacial score (nSPS) is 15.6. The van der Waals surface area contributed by atoms with Crippen LogP contribution in [0.1, 0.15) is 24.1 Å². The minimum Gasteiger partial charge on any atom is -0.507 e. The van der Waals surface area contributed by atoms with E-state index in [4.69, 9.17) is 0 Å². The number of benzene rings is 3. The topological polar surface area (TPSA) is 87.5 Å². The van der Waals surface area contributed by atoms with E-state index < -0.39 is 10.0 Å². The average molecular weight is 594 g/mol. The Morgan fingerprint density at radius 2 is 1.76 bits per heavy atom. The quantitative estimate of drug-likeness (QED) is 0.266. The number of halogens is 1. The molecule has 0 spiro atoms. The number of piperidine rings is 1. The molecule has 0 bridgehead atoms. The number of aromatic nitrogens is 2. The largest absolute Gasteiger partial charge is 0.507 e. The number of hydrogen-bond acceptors (Lipinski definition) is 5. The van der Waals surface area contributed by atoms with Gasteiger partial charge in [-0.05, 0) is 64.9 Å². The number of fused-ring (bicyclic) bond motifs is 1. The van der Waals surface area contributed by atoms with Crippen molar-refractivity contribution in [3.63, 3.8) is 0 Å². The maximum Gasteiger partial charge on any atom is 0.243 e. The van der Waals surface area contributed by atoms with Gasteiger partial charge < -0.3 is 10.4 Å². The maximum absolute atomic E-state index is 13.6. The second-order valence-electron chi connectivity index (χ2n) is 9.36. The Bertz CT molecular complexity index is 1630. The summed E-state index contributed by atoms with van der Waals surface area (Å²) in [4.78, 5) is 0.346. The molecule has 2 heterocycles. The fourth-order valence-corrected chi connectivity index (χ4v) is 6.74. The standard InChI is InChI=1S/C29H29BrN4O3S/c1-20(24-10-5-6-12-27(24)35)18-29(34-21(2)26(30)19-31-34)32-23-14-16-33(17-15-23)38(36,37)28-13-7-9-22-8-3-4-11-25(22)28/h3-13,18-19,23,32,35H,1,14-17H2,2H3/b29-18-. The number of phenols is 1. The van der Waals surface area contributed by atoms with E-state index in [9.17, 15) is 13.5 Å². The fourth-order valence-electron chi connectivity index (χ4n) is 4.79. The van der Waals surface area contributed by atoms with Crippen LogP contribution in [0, 0.1) is 6.92 Å². The third-order valence-electron chi connectivity index (χ3n) is 6.91. The number of phenolic OH excluding ortho intramolecular Hbond substituents is 1. The van der Waals surface area contributed by atoms with Crippen LogP contribution in [0.5, 0.6) is 5.75 Å². The van der Waals surface area contributed by atoms with E-state index in [1.54, 1.807) is 39.4 Å². The molecule has 0 radical (unpaired) electrons. The summed E-state index contributed by atoms with van der Waals surface area (Å²) in [6.45, 7) is 6.92. The lowest BCUT2D eigenvalue weighted by molar-refractivity contribution is 0.303. The monoisotopic (exact) mass is 592 g/mol. The lowest BCUT2D eigenvalue weighted by Crippen LogP contribution is -2.45. The summed E-state index contributed by atoms with van der Waals surface area (Å²) in [6.07, 6.45) is 4.85. The third kappa shape index (κ3) is 5.14. The molecule has 3 aromatic carbocycles. The Balaban J connectivity index is 1.36. The predicted octanol–water partition coefficient (Wildman–Crippen LogP) is 5.77. The summed E-state index contributed by atoms with van der Waals surface area (Å²) in [5.74, 6) is 0.857. The van der Waals surface area contributed by atoms with Gasteiger partial charge in [-0.15, -0.1) is 0 Å². The molecule has 0 atom stereocenters. The molecule has 4 aromatic rings. The Labute approximate surface area is 231 Å². The Morgan fingerprint density at radius 3 is 2.47 bits per heavy atom. The van der Waals surface area contributed by atoms with Gasteiger partial charge in [-0.1, -0.05) is 61.2 Å². The van der Waals surface area contributed by atoms with Gasteiger partial charge in [0, 0.05) is 30.1 Å². The Morgan fingerprint density at radius 1 is 1.08 bits per heavy atom. The van der Waals surface area contributed by atoms with Crippen molar-refractivity contribution >= 4 is 48.1 Å². The molecule has 1 aromatic heterocycles. The van der Waals surface area contributed by atoms with E-state index in [0.29, 0.717) is 47.8 Å². The first-order valence-electron chi connectivity index (χ1n) is 12.4. The summed E-state index contributed by atoms with van der Waals surface area (Å²) in [5.41, 5.74) is 2.17. The first kappa shape index (κ1) is 26.2. The second kappa shape index (κ2) is 10.8. The highest BCUT2D eigenvalue weighted by atomic mass is 79.9. The number of allylic oxidation sites excluding steroid dienone is 2. The van der Waals surface area contributed by atoms with Crippen molar-refractivity contribution < 1.29 is 13.5 Å². The van der Waals surface area contributed by atoms with Crippen LogP contribution in [-0.2, 0) is 10.0 Å². The van der Waals surface area contributed by atoms with E-state index in [1.165, 1.54) is 0 Å². The summed E-state index contributed by atoms with van der Waals surface area (Å²) >= 11 is 3.53. The summed E-state index contributed by atoms with van der Waals surface area (Å²) in [5, 5.41) is 20.0. The lowest BCUT2D eigenvalue weighted by Gasteiger charge is -2.33. The summed E-state index contributed by atoms with van der Waals surface area (Å²) in [7, 11) is -3.63. The molecule has 0 amide bonds. The van der Waals surface area contributed by atoms with Gasteiger partial charge in [-0.2, -0.15) is 9.40 Å². The zero-order valence-corrected chi connectivity index (χ0v) is 23.4. The number of nitrogens with one attached hydrogen (secondary N) is 1. The first-order chi connectivity index (χ1) is 18.3. The van der Waals surface area contributed by atoms with Gasteiger partial charge in [-0.25, -0.2) is 13.1 Å². The predicted molar refractivity (Wildman–Crippen MR) is 155 cm³/mol. The lowest BCUT2D eigenvalue weighted by atomic mass is 10.0. The smallest absolute Gasteiger partial charge is 0.243 e. The molecule has 9 heteroatoms. The molecule has 1 fully saturated rings. The molecule has 5 rings (SSSR count). The Kier molecular flexibility index (Phi) is 7.43. The van der Waals surface area contributed by atoms with Crippen LogP contribution in [0.2, 0.25) is 0 Å². The van der Waals surface area contributed by atoms with E-state index in [-0.39, 0.29) is 11.8 Å². The number of sulfonamides is 1. The molecule has 0 saturated carbocycles. The molecule has 1 saturated heterocycles. The van der Waals surface area contributed by atoms with Crippen LogP contribution in [0.25, 0.3) is 22.2 Å². The molecule has 2 N–H and O–H groups in total. The van der Waals surface area contributed by atoms with Crippen LogP contribution < -0.4 is 5.32 Å². The van der Waals surface area contributed by atoms with Crippen LogP contribution in [0.15, 0.2) is 95.0 Å². The van der Waals surface area contributed by atoms with E-state index >= 15 is 0 Å². The van der Waals surface area contributed by atoms with Crippen molar-refractivity contribution in [2.24, 2.45) is 0 Å². The van der Waals surface area contributed by atoms with Crippen molar-refractivity contribution in [3.05, 3.63) is 101 Å². The molecular weight excluding hydrogens is 564 g/mol. The van der Waals surface area contributed by atoms with Crippen molar-refractivity contribution in [3.8, 4) is 5.75 Å². The molecule has 38 heavy (non-hydrogen) atoms. The van der Waals surface area contributed by atoms with Gasteiger partial charge in [0.2, 0.25) is 10.0 Å². The minimum absolute atomic E-state index is 0.0276. The number of hydrogen-bond donors (Lipinski definition) is 2. The highest BCUT2D eigenvalue weighted by Crippen LogP contribution is 2.29. The molecule has 0 unspecified atom stereocenters. The van der Waals surface area contributed by atoms with Crippen LogP contribution in [-0.4, -0.2) is 46.7 Å².